The van der Waals surface area contributed by atoms with Crippen molar-refractivity contribution in [2.75, 3.05) is 0 Å². The van der Waals surface area contributed by atoms with Gasteiger partial charge in [-0.05, 0) is 50.3 Å². The molecule has 0 bridgehead atoms. The average Bonchev–Trinajstić information content (AvgIpc) is 2.23. The molecule has 0 aromatic heterocycles. The Morgan fingerprint density at radius 1 is 1.05 bits per heavy atom. The Hall–Kier alpha value is -1.03. The smallest absolute Gasteiger partial charge is 0.305 e. The molecule has 0 amide bonds. The van der Waals surface area contributed by atoms with Crippen molar-refractivity contribution in [3.63, 3.8) is 0 Å². The molecule has 0 aliphatic heterocycles. The molecule has 0 radical (unpaired) electrons. The van der Waals surface area contributed by atoms with Crippen molar-refractivity contribution < 1.29 is 13.2 Å². The predicted octanol–water partition coefficient (Wildman–Crippen LogP) is 5.57. The summed E-state index contributed by atoms with van der Waals surface area (Å²) >= 11 is 0. The molecule has 1 rings (SSSR count). The number of nitrogens with one attached hydrogen (secondary N) is 1. The summed E-state index contributed by atoms with van der Waals surface area (Å²) in [5.41, 5.74) is 0.0738. The fourth-order valence-electron chi connectivity index (χ4n) is 3.03. The molecule has 0 spiro atoms. The predicted molar refractivity (Wildman–Crippen MR) is 81.1 cm³/mol. The molecule has 0 heterocycles. The molecule has 1 atom stereocenters. The molecule has 21 heavy (non-hydrogen) atoms. The number of benzene rings is 1. The first-order valence-corrected chi connectivity index (χ1v) is 7.25. The highest BCUT2D eigenvalue weighted by Crippen LogP contribution is 2.32. The molecule has 120 valence electrons. The van der Waals surface area contributed by atoms with Crippen molar-refractivity contribution in [2.24, 2.45) is 5.41 Å². The van der Waals surface area contributed by atoms with E-state index in [-0.39, 0.29) is 17.0 Å². The van der Waals surface area contributed by atoms with Crippen LogP contribution in [0.5, 0.6) is 0 Å². The Balaban J connectivity index is 2.87. The van der Waals surface area contributed by atoms with Crippen LogP contribution in [0.15, 0.2) is 24.3 Å². The zero-order chi connectivity index (χ0) is 16.5. The maximum atomic E-state index is 12.8. The van der Waals surface area contributed by atoms with Gasteiger partial charge in [-0.3, -0.25) is 0 Å². The standard InChI is InChI=1S/C17H26F3N/c1-12(21-16(5,6)11-15(2,3)4)13-8-7-9-14(10-13)17(18,19)20/h7-10,12,21H,11H2,1-6H3. The molecule has 1 aromatic carbocycles. The molecule has 0 saturated heterocycles. The Labute approximate surface area is 125 Å². The molecule has 1 N–H and O–H groups in total. The van der Waals surface area contributed by atoms with Gasteiger partial charge in [-0.15, -0.1) is 0 Å². The zero-order valence-electron chi connectivity index (χ0n) is 13.7. The van der Waals surface area contributed by atoms with Crippen LogP contribution in [0.1, 0.15) is 65.1 Å². The van der Waals surface area contributed by atoms with E-state index in [1.807, 2.05) is 6.92 Å². The summed E-state index contributed by atoms with van der Waals surface area (Å²) in [5.74, 6) is 0. The summed E-state index contributed by atoms with van der Waals surface area (Å²) in [6.45, 7) is 12.5. The summed E-state index contributed by atoms with van der Waals surface area (Å²) in [6.07, 6.45) is -3.36. The highest BCUT2D eigenvalue weighted by Gasteiger charge is 2.31. The van der Waals surface area contributed by atoms with Gasteiger partial charge in [0, 0.05) is 11.6 Å². The van der Waals surface area contributed by atoms with Crippen LogP contribution < -0.4 is 5.32 Å². The van der Waals surface area contributed by atoms with E-state index in [4.69, 9.17) is 0 Å². The second-order valence-electron chi connectivity index (χ2n) is 7.61. The first kappa shape index (κ1) is 18.0. The molecule has 1 unspecified atom stereocenters. The van der Waals surface area contributed by atoms with Crippen LogP contribution in [0.4, 0.5) is 13.2 Å². The third kappa shape index (κ3) is 6.08. The van der Waals surface area contributed by atoms with Crippen LogP contribution >= 0.6 is 0 Å². The van der Waals surface area contributed by atoms with Crippen LogP contribution in [-0.4, -0.2) is 5.54 Å². The highest BCUT2D eigenvalue weighted by molar-refractivity contribution is 5.27. The number of rotatable bonds is 4. The van der Waals surface area contributed by atoms with Gasteiger partial charge in [0.15, 0.2) is 0 Å². The van der Waals surface area contributed by atoms with Crippen molar-refractivity contribution in [3.05, 3.63) is 35.4 Å². The number of halogens is 3. The van der Waals surface area contributed by atoms with Gasteiger partial charge in [0.2, 0.25) is 0 Å². The Kier molecular flexibility index (Phi) is 5.14. The van der Waals surface area contributed by atoms with E-state index in [0.29, 0.717) is 5.56 Å². The van der Waals surface area contributed by atoms with Gasteiger partial charge in [0.05, 0.1) is 5.56 Å². The molecular formula is C17H26F3N. The second kappa shape index (κ2) is 5.99. The average molecular weight is 301 g/mol. The van der Waals surface area contributed by atoms with Gasteiger partial charge < -0.3 is 5.32 Å². The summed E-state index contributed by atoms with van der Waals surface area (Å²) in [7, 11) is 0. The van der Waals surface area contributed by atoms with Crippen molar-refractivity contribution in [2.45, 2.75) is 65.7 Å². The lowest BCUT2D eigenvalue weighted by molar-refractivity contribution is -0.137. The summed E-state index contributed by atoms with van der Waals surface area (Å²) < 4.78 is 38.3. The number of hydrogen-bond donors (Lipinski definition) is 1. The van der Waals surface area contributed by atoms with E-state index in [0.717, 1.165) is 12.5 Å². The lowest BCUT2D eigenvalue weighted by Gasteiger charge is -2.36. The topological polar surface area (TPSA) is 12.0 Å². The summed E-state index contributed by atoms with van der Waals surface area (Å²) in [4.78, 5) is 0. The van der Waals surface area contributed by atoms with E-state index in [9.17, 15) is 13.2 Å². The van der Waals surface area contributed by atoms with Crippen molar-refractivity contribution in [3.8, 4) is 0 Å². The maximum absolute atomic E-state index is 12.8. The maximum Gasteiger partial charge on any atom is 0.416 e. The first-order valence-electron chi connectivity index (χ1n) is 7.25. The SMILES string of the molecule is CC(NC(C)(C)CC(C)(C)C)c1cccc(C(F)(F)F)c1. The second-order valence-corrected chi connectivity index (χ2v) is 7.61. The van der Waals surface area contributed by atoms with E-state index in [1.165, 1.54) is 12.1 Å². The quantitative estimate of drug-likeness (QED) is 0.766. The Morgan fingerprint density at radius 2 is 1.62 bits per heavy atom. The van der Waals surface area contributed by atoms with Crippen LogP contribution in [0, 0.1) is 5.41 Å². The molecule has 1 aromatic rings. The van der Waals surface area contributed by atoms with E-state index in [1.54, 1.807) is 6.07 Å². The summed E-state index contributed by atoms with van der Waals surface area (Å²) in [5, 5.41) is 3.44. The fraction of sp³-hybridized carbons (Fsp3) is 0.647. The van der Waals surface area contributed by atoms with Crippen LogP contribution in [-0.2, 0) is 6.18 Å². The molecule has 1 nitrogen and oxygen atoms in total. The third-order valence-corrected chi connectivity index (χ3v) is 3.29. The van der Waals surface area contributed by atoms with Crippen molar-refractivity contribution in [1.29, 1.82) is 0 Å². The van der Waals surface area contributed by atoms with Crippen molar-refractivity contribution >= 4 is 0 Å². The minimum absolute atomic E-state index is 0.135. The van der Waals surface area contributed by atoms with Crippen LogP contribution in [0.25, 0.3) is 0 Å². The van der Waals surface area contributed by atoms with Gasteiger partial charge in [-0.25, -0.2) is 0 Å². The first-order chi connectivity index (χ1) is 9.30. The molecule has 0 fully saturated rings. The number of alkyl halides is 3. The zero-order valence-corrected chi connectivity index (χ0v) is 13.7. The molecule has 0 aliphatic rings. The van der Waals surface area contributed by atoms with Crippen molar-refractivity contribution in [1.82, 2.24) is 5.32 Å². The minimum Gasteiger partial charge on any atom is -0.305 e. The van der Waals surface area contributed by atoms with Gasteiger partial charge in [-0.2, -0.15) is 13.2 Å². The van der Waals surface area contributed by atoms with E-state index in [2.05, 4.69) is 39.9 Å². The highest BCUT2D eigenvalue weighted by atomic mass is 19.4. The Morgan fingerprint density at radius 3 is 2.10 bits per heavy atom. The molecular weight excluding hydrogens is 275 g/mol. The third-order valence-electron chi connectivity index (χ3n) is 3.29. The number of hydrogen-bond acceptors (Lipinski definition) is 1. The van der Waals surface area contributed by atoms with Crippen LogP contribution in [0.2, 0.25) is 0 Å². The molecule has 0 aliphatic carbocycles. The normalized spacial score (nSPS) is 15.1. The van der Waals surface area contributed by atoms with Gasteiger partial charge in [0.25, 0.3) is 0 Å². The van der Waals surface area contributed by atoms with Gasteiger partial charge >= 0.3 is 6.18 Å². The monoisotopic (exact) mass is 301 g/mol. The lowest BCUT2D eigenvalue weighted by atomic mass is 9.81. The van der Waals surface area contributed by atoms with Crippen LogP contribution in [0.3, 0.4) is 0 Å². The molecule has 4 heteroatoms. The van der Waals surface area contributed by atoms with Gasteiger partial charge in [0.1, 0.15) is 0 Å². The fourth-order valence-corrected chi connectivity index (χ4v) is 3.03. The molecule has 0 saturated carbocycles. The largest absolute Gasteiger partial charge is 0.416 e. The van der Waals surface area contributed by atoms with E-state index >= 15 is 0 Å². The summed E-state index contributed by atoms with van der Waals surface area (Å²) in [6, 6.07) is 5.40. The lowest BCUT2D eigenvalue weighted by Crippen LogP contribution is -2.43. The van der Waals surface area contributed by atoms with E-state index < -0.39 is 11.7 Å². The minimum atomic E-state index is -4.29. The Bertz CT molecular complexity index is 470. The van der Waals surface area contributed by atoms with Gasteiger partial charge in [-0.1, -0.05) is 32.9 Å².